The number of carbonyl (C=O) groups is 1. The highest BCUT2D eigenvalue weighted by atomic mass is 16.2. The second-order valence-corrected chi connectivity index (χ2v) is 3.04. The summed E-state index contributed by atoms with van der Waals surface area (Å²) in [6, 6.07) is -0.587. The van der Waals surface area contributed by atoms with Gasteiger partial charge >= 0.3 is 0 Å². The van der Waals surface area contributed by atoms with Gasteiger partial charge in [-0.3, -0.25) is 4.79 Å². The van der Waals surface area contributed by atoms with Crippen LogP contribution in [0.2, 0.25) is 0 Å². The van der Waals surface area contributed by atoms with Gasteiger partial charge < -0.3 is 11.1 Å². The molecule has 3 nitrogen and oxygen atoms in total. The third-order valence-electron chi connectivity index (χ3n) is 1.46. The topological polar surface area (TPSA) is 55.1 Å². The van der Waals surface area contributed by atoms with E-state index in [4.69, 9.17) is 12.2 Å². The van der Waals surface area contributed by atoms with Crippen LogP contribution in [0.3, 0.4) is 0 Å². The Balaban J connectivity index is 3.76. The van der Waals surface area contributed by atoms with Crippen LogP contribution in [-0.4, -0.2) is 18.5 Å². The van der Waals surface area contributed by atoms with Crippen molar-refractivity contribution >= 4 is 5.91 Å². The van der Waals surface area contributed by atoms with E-state index in [2.05, 4.69) is 11.2 Å². The molecule has 3 N–H and O–H groups in total. The highest BCUT2D eigenvalue weighted by Crippen LogP contribution is 1.88. The number of nitrogens with two attached hydrogens (primary N) is 1. The highest BCUT2D eigenvalue weighted by molar-refractivity contribution is 5.81. The summed E-state index contributed by atoms with van der Waals surface area (Å²) in [6.07, 6.45) is 7.22. The monoisotopic (exact) mass is 180 g/mol. The largest absolute Gasteiger partial charge is 0.351 e. The Bertz CT molecular complexity index is 234. The molecule has 0 saturated carbocycles. The second kappa shape index (κ2) is 6.27. The molecule has 1 amide bonds. The standard InChI is InChI=1S/C10H16N2O/c1-4-5-9(11)10(13)12-7-6-8(2)3/h1,6,9H,5,7,11H2,2-3H3,(H,12,13). The van der Waals surface area contributed by atoms with Crippen molar-refractivity contribution in [2.75, 3.05) is 6.54 Å². The first kappa shape index (κ1) is 11.7. The van der Waals surface area contributed by atoms with E-state index < -0.39 is 6.04 Å². The molecule has 0 rings (SSSR count). The Labute approximate surface area is 79.4 Å². The third kappa shape index (κ3) is 5.94. The quantitative estimate of drug-likeness (QED) is 0.486. The molecular formula is C10H16N2O. The molecule has 0 aliphatic rings. The van der Waals surface area contributed by atoms with Gasteiger partial charge in [0.1, 0.15) is 0 Å². The zero-order chi connectivity index (χ0) is 10.3. The molecule has 0 fully saturated rings. The first-order valence-electron chi connectivity index (χ1n) is 4.18. The highest BCUT2D eigenvalue weighted by Gasteiger charge is 2.09. The van der Waals surface area contributed by atoms with Crippen molar-refractivity contribution in [1.82, 2.24) is 5.32 Å². The van der Waals surface area contributed by atoms with E-state index in [1.165, 1.54) is 0 Å². The second-order valence-electron chi connectivity index (χ2n) is 3.04. The molecule has 72 valence electrons. The summed E-state index contributed by atoms with van der Waals surface area (Å²) in [5.74, 6) is 2.15. The fraction of sp³-hybridized carbons (Fsp3) is 0.500. The summed E-state index contributed by atoms with van der Waals surface area (Å²) >= 11 is 0. The number of amides is 1. The maximum atomic E-state index is 11.2. The Hall–Kier alpha value is -1.27. The molecule has 0 spiro atoms. The van der Waals surface area contributed by atoms with Crippen molar-refractivity contribution in [1.29, 1.82) is 0 Å². The maximum Gasteiger partial charge on any atom is 0.238 e. The van der Waals surface area contributed by atoms with Crippen molar-refractivity contribution in [2.24, 2.45) is 5.73 Å². The summed E-state index contributed by atoms with van der Waals surface area (Å²) in [4.78, 5) is 11.2. The lowest BCUT2D eigenvalue weighted by Crippen LogP contribution is -2.40. The van der Waals surface area contributed by atoms with Crippen molar-refractivity contribution in [3.05, 3.63) is 11.6 Å². The zero-order valence-electron chi connectivity index (χ0n) is 8.13. The number of hydrogen-bond acceptors (Lipinski definition) is 2. The molecule has 1 atom stereocenters. The average molecular weight is 180 g/mol. The number of carbonyl (C=O) groups excluding carboxylic acids is 1. The molecule has 0 radical (unpaired) electrons. The Kier molecular flexibility index (Phi) is 5.66. The number of rotatable bonds is 4. The average Bonchev–Trinajstić information content (AvgIpc) is 2.04. The summed E-state index contributed by atoms with van der Waals surface area (Å²) in [6.45, 7) is 4.44. The SMILES string of the molecule is C#CCC(N)C(=O)NCC=C(C)C. The maximum absolute atomic E-state index is 11.2. The van der Waals surface area contributed by atoms with Crippen molar-refractivity contribution in [3.8, 4) is 12.3 Å². The number of allylic oxidation sites excluding steroid dienone is 1. The predicted molar refractivity (Wildman–Crippen MR) is 53.9 cm³/mol. The minimum atomic E-state index is -0.587. The Morgan fingerprint density at radius 3 is 2.77 bits per heavy atom. The minimum Gasteiger partial charge on any atom is -0.351 e. The molecule has 13 heavy (non-hydrogen) atoms. The van der Waals surface area contributed by atoms with Crippen LogP contribution in [0.1, 0.15) is 20.3 Å². The fourth-order valence-electron chi connectivity index (χ4n) is 0.707. The molecule has 0 saturated heterocycles. The lowest BCUT2D eigenvalue weighted by atomic mass is 10.2. The van der Waals surface area contributed by atoms with Crippen LogP contribution in [-0.2, 0) is 4.79 Å². The lowest BCUT2D eigenvalue weighted by molar-refractivity contribution is -0.122. The van der Waals surface area contributed by atoms with Crippen LogP contribution in [0.5, 0.6) is 0 Å². The van der Waals surface area contributed by atoms with Crippen LogP contribution < -0.4 is 11.1 Å². The van der Waals surface area contributed by atoms with E-state index in [0.717, 1.165) is 5.57 Å². The molecule has 0 aromatic carbocycles. The summed E-state index contributed by atoms with van der Waals surface area (Å²) in [5, 5.41) is 2.66. The first-order valence-corrected chi connectivity index (χ1v) is 4.18. The Morgan fingerprint density at radius 2 is 2.31 bits per heavy atom. The van der Waals surface area contributed by atoms with Gasteiger partial charge in [-0.15, -0.1) is 12.3 Å². The zero-order valence-corrected chi connectivity index (χ0v) is 8.13. The van der Waals surface area contributed by atoms with Crippen molar-refractivity contribution in [2.45, 2.75) is 26.3 Å². The van der Waals surface area contributed by atoms with Crippen LogP contribution in [0.25, 0.3) is 0 Å². The smallest absolute Gasteiger partial charge is 0.238 e. The molecule has 0 aromatic rings. The minimum absolute atomic E-state index is 0.199. The molecule has 3 heteroatoms. The molecule has 0 heterocycles. The van der Waals surface area contributed by atoms with E-state index in [1.54, 1.807) is 0 Å². The number of hydrogen-bond donors (Lipinski definition) is 2. The van der Waals surface area contributed by atoms with Gasteiger partial charge in [0.05, 0.1) is 6.04 Å². The van der Waals surface area contributed by atoms with E-state index in [1.807, 2.05) is 19.9 Å². The van der Waals surface area contributed by atoms with Crippen LogP contribution in [0.15, 0.2) is 11.6 Å². The summed E-state index contributed by atoms with van der Waals surface area (Å²) in [7, 11) is 0. The fourth-order valence-corrected chi connectivity index (χ4v) is 0.707. The van der Waals surface area contributed by atoms with Crippen molar-refractivity contribution in [3.63, 3.8) is 0 Å². The summed E-state index contributed by atoms with van der Waals surface area (Å²) in [5.41, 5.74) is 6.63. The molecule has 1 unspecified atom stereocenters. The Morgan fingerprint density at radius 1 is 1.69 bits per heavy atom. The molecule has 0 bridgehead atoms. The van der Waals surface area contributed by atoms with Crippen LogP contribution >= 0.6 is 0 Å². The predicted octanol–water partition coefficient (Wildman–Crippen LogP) is 0.419. The first-order chi connectivity index (χ1) is 6.07. The van der Waals surface area contributed by atoms with E-state index in [9.17, 15) is 4.79 Å². The van der Waals surface area contributed by atoms with Crippen LogP contribution in [0, 0.1) is 12.3 Å². The van der Waals surface area contributed by atoms with Crippen LogP contribution in [0.4, 0.5) is 0 Å². The van der Waals surface area contributed by atoms with Gasteiger partial charge in [0.25, 0.3) is 0 Å². The van der Waals surface area contributed by atoms with Gasteiger partial charge in [-0.05, 0) is 13.8 Å². The van der Waals surface area contributed by atoms with Gasteiger partial charge in [-0.1, -0.05) is 11.6 Å². The van der Waals surface area contributed by atoms with E-state index in [0.29, 0.717) is 6.54 Å². The lowest BCUT2D eigenvalue weighted by Gasteiger charge is -2.07. The molecule has 0 aliphatic heterocycles. The summed E-state index contributed by atoms with van der Waals surface area (Å²) < 4.78 is 0. The van der Waals surface area contributed by atoms with Gasteiger partial charge in [0.15, 0.2) is 0 Å². The van der Waals surface area contributed by atoms with Gasteiger partial charge in [-0.25, -0.2) is 0 Å². The number of nitrogens with one attached hydrogen (secondary N) is 1. The van der Waals surface area contributed by atoms with E-state index in [-0.39, 0.29) is 12.3 Å². The number of terminal acetylenes is 1. The van der Waals surface area contributed by atoms with Gasteiger partial charge in [0.2, 0.25) is 5.91 Å². The van der Waals surface area contributed by atoms with E-state index >= 15 is 0 Å². The van der Waals surface area contributed by atoms with Gasteiger partial charge in [-0.2, -0.15) is 0 Å². The van der Waals surface area contributed by atoms with Crippen molar-refractivity contribution < 1.29 is 4.79 Å². The molecular weight excluding hydrogens is 164 g/mol. The van der Waals surface area contributed by atoms with Gasteiger partial charge in [0, 0.05) is 13.0 Å². The molecule has 0 aromatic heterocycles. The third-order valence-corrected chi connectivity index (χ3v) is 1.46. The molecule has 0 aliphatic carbocycles. The normalized spacial score (nSPS) is 11.2.